The summed E-state index contributed by atoms with van der Waals surface area (Å²) < 4.78 is 20.2. The van der Waals surface area contributed by atoms with Gasteiger partial charge in [-0.15, -0.1) is 0 Å². The van der Waals surface area contributed by atoms with Crippen LogP contribution in [-0.4, -0.2) is 38.7 Å². The van der Waals surface area contributed by atoms with E-state index < -0.39 is 0 Å². The van der Waals surface area contributed by atoms with Crippen molar-refractivity contribution >= 4 is 5.91 Å². The molecule has 30 heavy (non-hydrogen) atoms. The van der Waals surface area contributed by atoms with Crippen molar-refractivity contribution in [1.29, 1.82) is 0 Å². The van der Waals surface area contributed by atoms with Crippen molar-refractivity contribution in [2.45, 2.75) is 38.6 Å². The number of rotatable bonds is 5. The summed E-state index contributed by atoms with van der Waals surface area (Å²) in [5.41, 5.74) is 1.34. The highest BCUT2D eigenvalue weighted by Crippen LogP contribution is 2.27. The summed E-state index contributed by atoms with van der Waals surface area (Å²) in [7, 11) is 0. The largest absolute Gasteiger partial charge is 0.445 e. The molecule has 0 aliphatic carbocycles. The normalized spacial score (nSPS) is 16.6. The Balaban J connectivity index is 1.40. The molecule has 1 aliphatic heterocycles. The number of likely N-dealkylation sites (tertiary alicyclic amines) is 1. The van der Waals surface area contributed by atoms with E-state index in [2.05, 4.69) is 10.1 Å². The first-order valence-electron chi connectivity index (χ1n) is 9.99. The van der Waals surface area contributed by atoms with E-state index in [1.807, 2.05) is 0 Å². The Morgan fingerprint density at radius 2 is 2.03 bits per heavy atom. The number of amides is 1. The molecular formula is C22H23FN4O3. The third-order valence-corrected chi connectivity index (χ3v) is 5.27. The van der Waals surface area contributed by atoms with Gasteiger partial charge in [0.15, 0.2) is 5.89 Å². The van der Waals surface area contributed by atoms with Crippen LogP contribution in [0.2, 0.25) is 0 Å². The maximum Gasteiger partial charge on any atom is 0.267 e. The highest BCUT2D eigenvalue weighted by molar-refractivity contribution is 5.76. The molecule has 1 aromatic carbocycles. The summed E-state index contributed by atoms with van der Waals surface area (Å²) in [6.45, 7) is 2.84. The minimum Gasteiger partial charge on any atom is -0.445 e. The first kappa shape index (κ1) is 20.0. The number of piperidine rings is 1. The summed E-state index contributed by atoms with van der Waals surface area (Å²) in [6.07, 6.45) is 3.94. The second-order valence-electron chi connectivity index (χ2n) is 7.62. The average Bonchev–Trinajstić information content (AvgIpc) is 3.21. The molecule has 3 aromatic rings. The topological polar surface area (TPSA) is 81.2 Å². The summed E-state index contributed by atoms with van der Waals surface area (Å²) in [5.74, 6) is 0.906. The number of aromatic nitrogens is 3. The fourth-order valence-corrected chi connectivity index (χ4v) is 3.69. The molecule has 0 bridgehead atoms. The number of carbonyl (C=O) groups is 1. The molecule has 3 heterocycles. The molecule has 1 aliphatic rings. The van der Waals surface area contributed by atoms with Gasteiger partial charge < -0.3 is 9.32 Å². The van der Waals surface area contributed by atoms with Crippen molar-refractivity contribution in [3.63, 3.8) is 0 Å². The fraction of sp³-hybridized carbons (Fsp3) is 0.364. The minimum atomic E-state index is -0.291. The van der Waals surface area contributed by atoms with Gasteiger partial charge in [0.1, 0.15) is 18.1 Å². The Hall–Kier alpha value is -3.29. The number of benzene rings is 1. The van der Waals surface area contributed by atoms with Crippen molar-refractivity contribution in [1.82, 2.24) is 19.7 Å². The standard InChI is InChI=1S/C22H23FN4O3/c1-15-4-9-20(28)27(25-15)14-21(29)26-10-2-3-17(13-26)22-24-12-19(30-22)11-16-5-7-18(23)8-6-16/h4-9,12,17H,2-3,10-11,13-14H2,1H3/t17-/m1/s1. The number of nitrogens with zero attached hydrogens (tertiary/aromatic N) is 4. The number of aryl methyl sites for hydroxylation is 1. The van der Waals surface area contributed by atoms with Gasteiger partial charge in [0.2, 0.25) is 5.91 Å². The van der Waals surface area contributed by atoms with Gasteiger partial charge in [0.05, 0.1) is 17.8 Å². The van der Waals surface area contributed by atoms with E-state index in [0.717, 1.165) is 18.4 Å². The summed E-state index contributed by atoms with van der Waals surface area (Å²) >= 11 is 0. The van der Waals surface area contributed by atoms with E-state index in [1.54, 1.807) is 36.2 Å². The molecule has 4 rings (SSSR count). The monoisotopic (exact) mass is 410 g/mol. The van der Waals surface area contributed by atoms with Gasteiger partial charge in [-0.3, -0.25) is 9.59 Å². The second-order valence-corrected chi connectivity index (χ2v) is 7.62. The van der Waals surface area contributed by atoms with Crippen LogP contribution in [0.4, 0.5) is 4.39 Å². The van der Waals surface area contributed by atoms with Crippen molar-refractivity contribution < 1.29 is 13.6 Å². The SMILES string of the molecule is Cc1ccc(=O)n(CC(=O)N2CCC[C@@H](c3ncc(Cc4ccc(F)cc4)o3)C2)n1. The number of hydrogen-bond donors (Lipinski definition) is 0. The first-order chi connectivity index (χ1) is 14.5. The van der Waals surface area contributed by atoms with Crippen molar-refractivity contribution in [3.8, 4) is 0 Å². The summed E-state index contributed by atoms with van der Waals surface area (Å²) in [6, 6.07) is 9.34. The number of carbonyl (C=O) groups excluding carboxylic acids is 1. The van der Waals surface area contributed by atoms with Gasteiger partial charge >= 0.3 is 0 Å². The van der Waals surface area contributed by atoms with Crippen LogP contribution < -0.4 is 5.56 Å². The Morgan fingerprint density at radius 1 is 1.23 bits per heavy atom. The predicted octanol–water partition coefficient (Wildman–Crippen LogP) is 2.68. The highest BCUT2D eigenvalue weighted by Gasteiger charge is 2.28. The maximum absolute atomic E-state index is 13.1. The molecule has 0 radical (unpaired) electrons. The van der Waals surface area contributed by atoms with E-state index in [0.29, 0.717) is 36.9 Å². The quantitative estimate of drug-likeness (QED) is 0.646. The Morgan fingerprint density at radius 3 is 2.83 bits per heavy atom. The van der Waals surface area contributed by atoms with Gasteiger partial charge in [-0.05, 0) is 43.5 Å². The summed E-state index contributed by atoms with van der Waals surface area (Å²) in [4.78, 5) is 30.8. The van der Waals surface area contributed by atoms with E-state index in [4.69, 9.17) is 4.42 Å². The van der Waals surface area contributed by atoms with Gasteiger partial charge in [0, 0.05) is 25.6 Å². The third-order valence-electron chi connectivity index (χ3n) is 5.27. The van der Waals surface area contributed by atoms with Crippen molar-refractivity contribution in [2.75, 3.05) is 13.1 Å². The molecule has 0 unspecified atom stereocenters. The first-order valence-corrected chi connectivity index (χ1v) is 9.99. The van der Waals surface area contributed by atoms with Crippen LogP contribution in [0, 0.1) is 12.7 Å². The Kier molecular flexibility index (Phi) is 5.74. The number of oxazole rings is 1. The van der Waals surface area contributed by atoms with Crippen LogP contribution >= 0.6 is 0 Å². The van der Waals surface area contributed by atoms with E-state index in [-0.39, 0.29) is 29.7 Å². The molecule has 2 aromatic heterocycles. The molecule has 0 N–H and O–H groups in total. The summed E-state index contributed by atoms with van der Waals surface area (Å²) in [5, 5.41) is 4.14. The van der Waals surface area contributed by atoms with E-state index in [9.17, 15) is 14.0 Å². The van der Waals surface area contributed by atoms with Crippen LogP contribution in [-0.2, 0) is 17.8 Å². The lowest BCUT2D eigenvalue weighted by atomic mass is 9.98. The smallest absolute Gasteiger partial charge is 0.267 e. The maximum atomic E-state index is 13.1. The van der Waals surface area contributed by atoms with Gasteiger partial charge in [-0.1, -0.05) is 12.1 Å². The van der Waals surface area contributed by atoms with Gasteiger partial charge in [0.25, 0.3) is 5.56 Å². The third kappa shape index (κ3) is 4.64. The molecule has 1 saturated heterocycles. The van der Waals surface area contributed by atoms with Crippen LogP contribution in [0.1, 0.15) is 41.7 Å². The lowest BCUT2D eigenvalue weighted by Crippen LogP contribution is -2.42. The second kappa shape index (κ2) is 8.61. The van der Waals surface area contributed by atoms with Gasteiger partial charge in [-0.25, -0.2) is 14.1 Å². The number of halogens is 1. The van der Waals surface area contributed by atoms with Gasteiger partial charge in [-0.2, -0.15) is 5.10 Å². The van der Waals surface area contributed by atoms with Crippen LogP contribution in [0.3, 0.4) is 0 Å². The number of hydrogen-bond acceptors (Lipinski definition) is 5. The zero-order valence-corrected chi connectivity index (χ0v) is 16.8. The molecule has 0 saturated carbocycles. The molecule has 0 spiro atoms. The predicted molar refractivity (Wildman–Crippen MR) is 107 cm³/mol. The van der Waals surface area contributed by atoms with E-state index >= 15 is 0 Å². The van der Waals surface area contributed by atoms with Crippen molar-refractivity contribution in [3.05, 3.63) is 81.7 Å². The molecule has 156 valence electrons. The molecular weight excluding hydrogens is 387 g/mol. The highest BCUT2D eigenvalue weighted by atomic mass is 19.1. The zero-order chi connectivity index (χ0) is 21.1. The molecule has 1 fully saturated rings. The lowest BCUT2D eigenvalue weighted by Gasteiger charge is -2.31. The molecule has 1 atom stereocenters. The molecule has 8 heteroatoms. The Labute approximate surface area is 173 Å². The molecule has 7 nitrogen and oxygen atoms in total. The average molecular weight is 410 g/mol. The van der Waals surface area contributed by atoms with Crippen molar-refractivity contribution in [2.24, 2.45) is 0 Å². The van der Waals surface area contributed by atoms with Crippen LogP contribution in [0.5, 0.6) is 0 Å². The van der Waals surface area contributed by atoms with Crippen LogP contribution in [0.25, 0.3) is 0 Å². The minimum absolute atomic E-state index is 0.00635. The van der Waals surface area contributed by atoms with Crippen LogP contribution in [0.15, 0.2) is 51.8 Å². The zero-order valence-electron chi connectivity index (χ0n) is 16.8. The van der Waals surface area contributed by atoms with E-state index in [1.165, 1.54) is 22.9 Å². The fourth-order valence-electron chi connectivity index (χ4n) is 3.69. The lowest BCUT2D eigenvalue weighted by molar-refractivity contribution is -0.133. The Bertz CT molecular complexity index is 1090. The molecule has 1 amide bonds.